The zero-order chi connectivity index (χ0) is 26.0. The highest BCUT2D eigenvalue weighted by atomic mass is 16.6. The van der Waals surface area contributed by atoms with Crippen molar-refractivity contribution in [3.63, 3.8) is 0 Å². The van der Waals surface area contributed by atoms with Crippen molar-refractivity contribution in [2.75, 3.05) is 0 Å². The molecular weight excluding hydrogens is 442 g/mol. The summed E-state index contributed by atoms with van der Waals surface area (Å²) in [6.45, 7) is 13.1. The van der Waals surface area contributed by atoms with Crippen molar-refractivity contribution in [2.24, 2.45) is 5.92 Å². The third kappa shape index (κ3) is 6.36. The van der Waals surface area contributed by atoms with Gasteiger partial charge in [0.05, 0.1) is 0 Å². The van der Waals surface area contributed by atoms with Gasteiger partial charge in [-0.05, 0) is 75.0 Å². The maximum atomic E-state index is 12.8. The molecule has 0 saturated heterocycles. The molecule has 0 spiro atoms. The number of hydrogen-bond donors (Lipinski definition) is 2. The molecule has 6 heteroatoms. The van der Waals surface area contributed by atoms with E-state index in [-0.39, 0.29) is 11.8 Å². The van der Waals surface area contributed by atoms with Gasteiger partial charge in [-0.2, -0.15) is 0 Å². The van der Waals surface area contributed by atoms with Crippen molar-refractivity contribution >= 4 is 12.1 Å². The minimum absolute atomic E-state index is 0.169. The van der Waals surface area contributed by atoms with E-state index in [4.69, 9.17) is 9.47 Å². The standard InChI is InChI=1S/C29H39NO5/c1-18(2)22-14-11-15-23(19(3)20-16-17-20)24(22)34-25(21-12-9-8-10-13-21)29(7,26(31)32)30-27(33)35-28(4,5)6/h8-15,18-20,25H,16-17H2,1-7H3,(H,30,33)(H,31,32)/t19-,25?,29+/m1/s1. The highest BCUT2D eigenvalue weighted by Gasteiger charge is 2.47. The molecule has 1 unspecified atom stereocenters. The van der Waals surface area contributed by atoms with E-state index in [0.717, 1.165) is 11.1 Å². The van der Waals surface area contributed by atoms with Crippen LogP contribution < -0.4 is 10.1 Å². The fourth-order valence-corrected chi connectivity index (χ4v) is 4.38. The van der Waals surface area contributed by atoms with Gasteiger partial charge in [0.2, 0.25) is 0 Å². The normalized spacial score (nSPS) is 17.3. The molecular formula is C29H39NO5. The molecule has 0 bridgehead atoms. The predicted octanol–water partition coefficient (Wildman–Crippen LogP) is 6.81. The fourth-order valence-electron chi connectivity index (χ4n) is 4.38. The van der Waals surface area contributed by atoms with Crippen LogP contribution in [0.5, 0.6) is 5.75 Å². The lowest BCUT2D eigenvalue weighted by Gasteiger charge is -2.37. The molecule has 3 atom stereocenters. The SMILES string of the molecule is CC(C)c1cccc([C@H](C)C2CC2)c1OC(c1ccccc1)[C@](C)(NC(=O)OC(C)(C)C)C(=O)O. The van der Waals surface area contributed by atoms with E-state index >= 15 is 0 Å². The molecule has 1 fully saturated rings. The first kappa shape index (κ1) is 26.6. The van der Waals surface area contributed by atoms with Crippen LogP contribution in [0.15, 0.2) is 48.5 Å². The average Bonchev–Trinajstić information content (AvgIpc) is 3.61. The van der Waals surface area contributed by atoms with Gasteiger partial charge in [0.15, 0.2) is 11.6 Å². The number of aliphatic carboxylic acids is 1. The number of alkyl carbamates (subject to hydrolysis) is 1. The number of nitrogens with one attached hydrogen (secondary N) is 1. The van der Waals surface area contributed by atoms with E-state index in [0.29, 0.717) is 17.2 Å². The van der Waals surface area contributed by atoms with Gasteiger partial charge >= 0.3 is 12.1 Å². The smallest absolute Gasteiger partial charge is 0.408 e. The molecule has 1 aliphatic carbocycles. The highest BCUT2D eigenvalue weighted by molar-refractivity contribution is 5.85. The van der Waals surface area contributed by atoms with E-state index < -0.39 is 29.3 Å². The second-order valence-electron chi connectivity index (χ2n) is 11.1. The number of benzene rings is 2. The molecule has 1 aliphatic rings. The lowest BCUT2D eigenvalue weighted by molar-refractivity contribution is -0.148. The fraction of sp³-hybridized carbons (Fsp3) is 0.517. The van der Waals surface area contributed by atoms with Gasteiger partial charge in [-0.3, -0.25) is 0 Å². The van der Waals surface area contributed by atoms with Crippen molar-refractivity contribution < 1.29 is 24.2 Å². The Bertz CT molecular complexity index is 1040. The summed E-state index contributed by atoms with van der Waals surface area (Å²) in [7, 11) is 0. The van der Waals surface area contributed by atoms with Crippen LogP contribution in [0.1, 0.15) is 95.9 Å². The van der Waals surface area contributed by atoms with Gasteiger partial charge < -0.3 is 19.9 Å². The summed E-state index contributed by atoms with van der Waals surface area (Å²) in [5, 5.41) is 13.0. The molecule has 0 aromatic heterocycles. The number of carbonyl (C=O) groups excluding carboxylic acids is 1. The summed E-state index contributed by atoms with van der Waals surface area (Å²) in [5.74, 6) is 0.545. The van der Waals surface area contributed by atoms with Gasteiger partial charge in [0.25, 0.3) is 0 Å². The van der Waals surface area contributed by atoms with Crippen molar-refractivity contribution in [2.45, 2.75) is 90.4 Å². The van der Waals surface area contributed by atoms with Crippen molar-refractivity contribution in [3.8, 4) is 5.75 Å². The lowest BCUT2D eigenvalue weighted by atomic mass is 9.87. The van der Waals surface area contributed by atoms with Gasteiger partial charge in [0, 0.05) is 0 Å². The largest absolute Gasteiger partial charge is 0.482 e. The van der Waals surface area contributed by atoms with E-state index in [1.54, 1.807) is 20.8 Å². The lowest BCUT2D eigenvalue weighted by Crippen LogP contribution is -2.58. The van der Waals surface area contributed by atoms with Gasteiger partial charge in [-0.25, -0.2) is 9.59 Å². The number of rotatable bonds is 9. The topological polar surface area (TPSA) is 84.9 Å². The monoisotopic (exact) mass is 481 g/mol. The third-order valence-electron chi connectivity index (χ3n) is 6.58. The molecule has 2 aromatic carbocycles. The van der Waals surface area contributed by atoms with Crippen molar-refractivity contribution in [1.82, 2.24) is 5.32 Å². The van der Waals surface area contributed by atoms with Crippen LogP contribution in [-0.4, -0.2) is 28.3 Å². The quantitative estimate of drug-likeness (QED) is 0.411. The maximum absolute atomic E-state index is 12.8. The van der Waals surface area contributed by atoms with E-state index in [1.165, 1.54) is 19.8 Å². The number of hydrogen-bond acceptors (Lipinski definition) is 4. The summed E-state index contributed by atoms with van der Waals surface area (Å²) in [5.41, 5.74) is 0.167. The Morgan fingerprint density at radius 3 is 2.06 bits per heavy atom. The van der Waals surface area contributed by atoms with E-state index in [1.807, 2.05) is 42.5 Å². The van der Waals surface area contributed by atoms with Crippen LogP contribution in [0.25, 0.3) is 0 Å². The molecule has 0 radical (unpaired) electrons. The van der Waals surface area contributed by atoms with Crippen molar-refractivity contribution in [3.05, 3.63) is 65.2 Å². The van der Waals surface area contributed by atoms with Gasteiger partial charge in [-0.15, -0.1) is 0 Å². The molecule has 6 nitrogen and oxygen atoms in total. The summed E-state index contributed by atoms with van der Waals surface area (Å²) >= 11 is 0. The van der Waals surface area contributed by atoms with E-state index in [2.05, 4.69) is 32.2 Å². The second-order valence-corrected chi connectivity index (χ2v) is 11.1. The Labute approximate surface area is 209 Å². The summed E-state index contributed by atoms with van der Waals surface area (Å²) in [4.78, 5) is 25.5. The number of para-hydroxylation sites is 1. The minimum Gasteiger partial charge on any atom is -0.482 e. The van der Waals surface area contributed by atoms with Gasteiger partial charge in [0.1, 0.15) is 11.4 Å². The first-order chi connectivity index (χ1) is 16.3. The Balaban J connectivity index is 2.12. The average molecular weight is 482 g/mol. The molecule has 2 N–H and O–H groups in total. The molecule has 190 valence electrons. The summed E-state index contributed by atoms with van der Waals surface area (Å²) in [6.07, 6.45) is 0.554. The maximum Gasteiger partial charge on any atom is 0.408 e. The van der Waals surface area contributed by atoms with E-state index in [9.17, 15) is 14.7 Å². The molecule has 0 heterocycles. The van der Waals surface area contributed by atoms with Crippen LogP contribution in [-0.2, 0) is 9.53 Å². The minimum atomic E-state index is -1.80. The number of amides is 1. The Morgan fingerprint density at radius 2 is 1.54 bits per heavy atom. The molecule has 3 rings (SSSR count). The van der Waals surface area contributed by atoms with Crippen molar-refractivity contribution in [1.29, 1.82) is 0 Å². The van der Waals surface area contributed by atoms with Crippen LogP contribution in [0.4, 0.5) is 4.79 Å². The molecule has 0 aliphatic heterocycles. The molecule has 2 aromatic rings. The van der Waals surface area contributed by atoms with Gasteiger partial charge in [-0.1, -0.05) is 69.3 Å². The highest BCUT2D eigenvalue weighted by Crippen LogP contribution is 2.48. The molecule has 1 saturated carbocycles. The molecule has 1 amide bonds. The summed E-state index contributed by atoms with van der Waals surface area (Å²) in [6, 6.07) is 15.3. The van der Waals surface area contributed by atoms with Crippen LogP contribution in [0.3, 0.4) is 0 Å². The first-order valence-electron chi connectivity index (χ1n) is 12.4. The van der Waals surface area contributed by atoms with Crippen LogP contribution in [0, 0.1) is 5.92 Å². The zero-order valence-electron chi connectivity index (χ0n) is 21.9. The number of carboxylic acids is 1. The number of carboxylic acid groups (broad SMARTS) is 1. The number of carbonyl (C=O) groups is 2. The Hall–Kier alpha value is -3.02. The molecule has 35 heavy (non-hydrogen) atoms. The second kappa shape index (κ2) is 10.3. The predicted molar refractivity (Wildman–Crippen MR) is 137 cm³/mol. The summed E-state index contributed by atoms with van der Waals surface area (Å²) < 4.78 is 12.1. The number of ether oxygens (including phenoxy) is 2. The zero-order valence-corrected chi connectivity index (χ0v) is 21.9. The third-order valence-corrected chi connectivity index (χ3v) is 6.58. The Morgan fingerprint density at radius 1 is 0.943 bits per heavy atom. The Kier molecular flexibility index (Phi) is 7.83. The first-order valence-corrected chi connectivity index (χ1v) is 12.4. The van der Waals surface area contributed by atoms with Crippen LogP contribution >= 0.6 is 0 Å². The van der Waals surface area contributed by atoms with Crippen LogP contribution in [0.2, 0.25) is 0 Å².